The van der Waals surface area contributed by atoms with E-state index in [2.05, 4.69) is 79.6 Å². The molecule has 0 saturated carbocycles. The van der Waals surface area contributed by atoms with Gasteiger partial charge >= 0.3 is 0 Å². The van der Waals surface area contributed by atoms with Gasteiger partial charge in [-0.2, -0.15) is 0 Å². The van der Waals surface area contributed by atoms with Gasteiger partial charge < -0.3 is 0 Å². The molecule has 2 saturated heterocycles. The first-order valence-corrected chi connectivity index (χ1v) is 7.24. The Labute approximate surface area is 119 Å². The van der Waals surface area contributed by atoms with Crippen molar-refractivity contribution in [3.05, 3.63) is 71.8 Å². The topological polar surface area (TPSA) is 15.5 Å². The second-order valence-electron chi connectivity index (χ2n) is 6.43. The Morgan fingerprint density at radius 2 is 1.55 bits per heavy atom. The monoisotopic (exact) mass is 265 g/mol. The fourth-order valence-corrected chi connectivity index (χ4v) is 3.70. The molecule has 0 aromatic heterocycles. The zero-order valence-corrected chi connectivity index (χ0v) is 11.9. The Morgan fingerprint density at radius 3 is 2.15 bits per heavy atom. The molecule has 0 amide bonds. The molecule has 2 aliphatic heterocycles. The lowest BCUT2D eigenvalue weighted by Gasteiger charge is -2.22. The molecule has 2 fully saturated rings. The van der Waals surface area contributed by atoms with Crippen LogP contribution in [0.15, 0.2) is 60.7 Å². The van der Waals surface area contributed by atoms with Crippen molar-refractivity contribution in [2.45, 2.75) is 37.5 Å². The molecule has 0 N–H and O–H groups in total. The summed E-state index contributed by atoms with van der Waals surface area (Å²) >= 11 is 0. The average Bonchev–Trinajstić information content (AvgIpc) is 3.20. The number of hydroxylamine groups is 2. The van der Waals surface area contributed by atoms with Crippen LogP contribution in [0.3, 0.4) is 0 Å². The predicted octanol–water partition coefficient (Wildman–Crippen LogP) is 4.05. The van der Waals surface area contributed by atoms with E-state index in [1.165, 1.54) is 11.1 Å². The van der Waals surface area contributed by atoms with Gasteiger partial charge in [-0.25, -0.2) is 0 Å². The largest absolute Gasteiger partial charge is 0.265 e. The van der Waals surface area contributed by atoms with Gasteiger partial charge in [0.05, 0.1) is 0 Å². The van der Waals surface area contributed by atoms with Crippen molar-refractivity contribution in [3.63, 3.8) is 0 Å². The summed E-state index contributed by atoms with van der Waals surface area (Å²) in [6.07, 6.45) is 1.12. The van der Waals surface area contributed by atoms with Crippen LogP contribution in [0, 0.1) is 0 Å². The number of nitrogens with zero attached hydrogens (tertiary/aromatic N) is 1. The van der Waals surface area contributed by atoms with Crippen LogP contribution in [0.2, 0.25) is 0 Å². The Kier molecular flexibility index (Phi) is 2.39. The molecule has 2 heterocycles. The Morgan fingerprint density at radius 1 is 0.950 bits per heavy atom. The number of rotatable bonds is 2. The molecular formula is C18H19NO. The normalized spacial score (nSPS) is 33.7. The summed E-state index contributed by atoms with van der Waals surface area (Å²) in [5.74, 6) is 0.390. The summed E-state index contributed by atoms with van der Waals surface area (Å²) in [6, 6.07) is 21.4. The van der Waals surface area contributed by atoms with Crippen molar-refractivity contribution in [2.75, 3.05) is 0 Å². The van der Waals surface area contributed by atoms with Crippen molar-refractivity contribution >= 4 is 0 Å². The van der Waals surface area contributed by atoms with Crippen molar-refractivity contribution in [1.29, 1.82) is 0 Å². The third-order valence-electron chi connectivity index (χ3n) is 4.61. The lowest BCUT2D eigenvalue weighted by molar-refractivity contribution is 0.0680. The molecule has 4 rings (SSSR count). The van der Waals surface area contributed by atoms with E-state index in [1.807, 2.05) is 0 Å². The van der Waals surface area contributed by atoms with Gasteiger partial charge in [0.25, 0.3) is 0 Å². The number of hydrogen-bond acceptors (Lipinski definition) is 2. The van der Waals surface area contributed by atoms with Gasteiger partial charge in [-0.1, -0.05) is 60.7 Å². The van der Waals surface area contributed by atoms with Gasteiger partial charge in [0.1, 0.15) is 0 Å². The first kappa shape index (κ1) is 12.1. The fraction of sp³-hybridized carbons (Fsp3) is 0.333. The Balaban J connectivity index is 1.83. The Bertz CT molecular complexity index is 622. The zero-order valence-electron chi connectivity index (χ0n) is 11.9. The molecule has 1 unspecified atom stereocenters. The first-order valence-electron chi connectivity index (χ1n) is 7.24. The number of fused-ring (bicyclic) bond motifs is 1. The molecule has 2 aromatic carbocycles. The highest BCUT2D eigenvalue weighted by atomic mass is 16.9. The van der Waals surface area contributed by atoms with E-state index in [0.717, 1.165) is 6.42 Å². The van der Waals surface area contributed by atoms with E-state index < -0.39 is 0 Å². The van der Waals surface area contributed by atoms with Gasteiger partial charge in [-0.15, -0.1) is 5.06 Å². The maximum Gasteiger partial charge on any atom is 0.197 e. The van der Waals surface area contributed by atoms with Crippen LogP contribution < -0.4 is 0 Å². The van der Waals surface area contributed by atoms with Crippen LogP contribution in [0.1, 0.15) is 37.3 Å². The van der Waals surface area contributed by atoms with Gasteiger partial charge in [-0.3, -0.25) is 4.84 Å². The average molecular weight is 265 g/mol. The van der Waals surface area contributed by atoms with Gasteiger partial charge in [-0.05, 0) is 25.8 Å². The van der Waals surface area contributed by atoms with Gasteiger partial charge in [0, 0.05) is 17.0 Å². The highest BCUT2D eigenvalue weighted by molar-refractivity contribution is 5.37. The summed E-state index contributed by atoms with van der Waals surface area (Å²) in [6.45, 7) is 4.53. The summed E-state index contributed by atoms with van der Waals surface area (Å²) < 4.78 is 0. The third-order valence-corrected chi connectivity index (χ3v) is 4.61. The third kappa shape index (κ3) is 1.52. The van der Waals surface area contributed by atoms with Crippen LogP contribution in [0.25, 0.3) is 0 Å². The minimum Gasteiger partial charge on any atom is -0.265 e. The lowest BCUT2D eigenvalue weighted by Crippen LogP contribution is -2.26. The van der Waals surface area contributed by atoms with E-state index in [0.29, 0.717) is 5.92 Å². The minimum absolute atomic E-state index is 0.0797. The highest BCUT2D eigenvalue weighted by Gasteiger charge is 2.72. The number of hydrogen-bond donors (Lipinski definition) is 0. The highest BCUT2D eigenvalue weighted by Crippen LogP contribution is 2.66. The van der Waals surface area contributed by atoms with Gasteiger partial charge in [0.2, 0.25) is 0 Å². The molecule has 2 aromatic rings. The lowest BCUT2D eigenvalue weighted by atomic mass is 9.83. The maximum absolute atomic E-state index is 6.14. The van der Waals surface area contributed by atoms with Crippen molar-refractivity contribution in [2.24, 2.45) is 0 Å². The van der Waals surface area contributed by atoms with Crippen LogP contribution in [-0.4, -0.2) is 10.6 Å². The van der Waals surface area contributed by atoms with Crippen LogP contribution in [0.5, 0.6) is 0 Å². The molecule has 2 aliphatic rings. The molecule has 2 heteroatoms. The molecule has 102 valence electrons. The van der Waals surface area contributed by atoms with Gasteiger partial charge in [0.15, 0.2) is 5.72 Å². The molecule has 0 radical (unpaired) electrons. The molecule has 3 atom stereocenters. The fourth-order valence-electron chi connectivity index (χ4n) is 3.70. The molecular weight excluding hydrogens is 246 g/mol. The first-order chi connectivity index (χ1) is 9.64. The quantitative estimate of drug-likeness (QED) is 0.761. The molecule has 20 heavy (non-hydrogen) atoms. The van der Waals surface area contributed by atoms with Crippen LogP contribution >= 0.6 is 0 Å². The minimum atomic E-state index is -0.258. The van der Waals surface area contributed by atoms with Crippen LogP contribution in [-0.2, 0) is 10.6 Å². The van der Waals surface area contributed by atoms with E-state index in [-0.39, 0.29) is 11.3 Å². The molecule has 0 aliphatic carbocycles. The van der Waals surface area contributed by atoms with Crippen molar-refractivity contribution in [3.8, 4) is 0 Å². The van der Waals surface area contributed by atoms with Crippen molar-refractivity contribution < 1.29 is 4.84 Å². The second-order valence-corrected chi connectivity index (χ2v) is 6.43. The van der Waals surface area contributed by atoms with E-state index in [9.17, 15) is 0 Å². The molecule has 0 spiro atoms. The predicted molar refractivity (Wildman–Crippen MR) is 78.9 cm³/mol. The second kappa shape index (κ2) is 3.94. The SMILES string of the molecule is CC1(C)C[C@@H](c2ccccc2)[C@@]2(c3ccccc3)ON12. The van der Waals surface area contributed by atoms with Crippen LogP contribution in [0.4, 0.5) is 0 Å². The smallest absolute Gasteiger partial charge is 0.197 e. The van der Waals surface area contributed by atoms with E-state index >= 15 is 0 Å². The summed E-state index contributed by atoms with van der Waals surface area (Å²) in [4.78, 5) is 6.14. The summed E-state index contributed by atoms with van der Waals surface area (Å²) in [7, 11) is 0. The number of benzene rings is 2. The molecule has 2 nitrogen and oxygen atoms in total. The maximum atomic E-state index is 6.14. The van der Waals surface area contributed by atoms with Crippen molar-refractivity contribution in [1.82, 2.24) is 5.06 Å². The summed E-state index contributed by atoms with van der Waals surface area (Å²) in [5.41, 5.74) is 2.45. The Hall–Kier alpha value is -1.64. The zero-order chi connectivity index (χ0) is 13.8. The molecule has 0 bridgehead atoms. The standard InChI is InChI=1S/C18H19NO/c1-17(2)13-16(14-9-5-3-6-10-14)18(19(17)20-18)15-11-7-4-8-12-15/h3-12,16H,13H2,1-2H3/t16-,18+,19?/m0/s1. The van der Waals surface area contributed by atoms with E-state index in [4.69, 9.17) is 4.84 Å². The van der Waals surface area contributed by atoms with E-state index in [1.54, 1.807) is 0 Å². The summed E-state index contributed by atoms with van der Waals surface area (Å²) in [5, 5.41) is 2.19.